The van der Waals surface area contributed by atoms with Crippen LogP contribution >= 0.6 is 0 Å². The fourth-order valence-corrected chi connectivity index (χ4v) is 2.99. The van der Waals surface area contributed by atoms with Gasteiger partial charge < -0.3 is 15.0 Å². The van der Waals surface area contributed by atoms with Crippen LogP contribution in [-0.4, -0.2) is 42.5 Å². The first-order valence-electron chi connectivity index (χ1n) is 9.35. The van der Waals surface area contributed by atoms with Gasteiger partial charge in [-0.25, -0.2) is 4.79 Å². The molecular formula is C19H27N3O5. The summed E-state index contributed by atoms with van der Waals surface area (Å²) >= 11 is 0. The third-order valence-electron chi connectivity index (χ3n) is 4.73. The summed E-state index contributed by atoms with van der Waals surface area (Å²) in [6.07, 6.45) is 1.76. The van der Waals surface area contributed by atoms with Crippen molar-refractivity contribution in [2.24, 2.45) is 5.92 Å². The van der Waals surface area contributed by atoms with Crippen LogP contribution in [0.1, 0.15) is 50.4 Å². The summed E-state index contributed by atoms with van der Waals surface area (Å²) in [5, 5.41) is 14.2. The van der Waals surface area contributed by atoms with Gasteiger partial charge >= 0.3 is 5.97 Å². The van der Waals surface area contributed by atoms with E-state index < -0.39 is 22.9 Å². The lowest BCUT2D eigenvalue weighted by atomic mass is 9.98. The Labute approximate surface area is 159 Å². The second-order valence-electron chi connectivity index (χ2n) is 6.97. The Morgan fingerprint density at radius 1 is 1.37 bits per heavy atom. The van der Waals surface area contributed by atoms with Gasteiger partial charge in [-0.15, -0.1) is 0 Å². The topological polar surface area (TPSA) is 102 Å². The molecule has 0 aliphatic carbocycles. The van der Waals surface area contributed by atoms with Crippen molar-refractivity contribution in [3.63, 3.8) is 0 Å². The number of carbonyl (C=O) groups excluding carboxylic acids is 2. The maximum Gasteiger partial charge on any atom is 0.339 e. The van der Waals surface area contributed by atoms with Crippen LogP contribution in [0.2, 0.25) is 0 Å². The SMILES string of the molecule is CCCNC(=O)[C@H](C)OC(=O)c1ccc(N2CCC(C)CC2)c([N+](=O)[O-])c1. The summed E-state index contributed by atoms with van der Waals surface area (Å²) in [5.41, 5.74) is 0.449. The van der Waals surface area contributed by atoms with Crippen molar-refractivity contribution in [1.82, 2.24) is 5.32 Å². The summed E-state index contributed by atoms with van der Waals surface area (Å²) in [6, 6.07) is 4.33. The number of hydrogen-bond donors (Lipinski definition) is 1. The minimum atomic E-state index is -0.966. The van der Waals surface area contributed by atoms with E-state index >= 15 is 0 Å². The minimum Gasteiger partial charge on any atom is -0.449 e. The van der Waals surface area contributed by atoms with E-state index in [1.54, 1.807) is 6.07 Å². The summed E-state index contributed by atoms with van der Waals surface area (Å²) < 4.78 is 5.14. The molecule has 1 aromatic rings. The van der Waals surface area contributed by atoms with Crippen molar-refractivity contribution >= 4 is 23.3 Å². The second kappa shape index (κ2) is 9.34. The number of nitro benzene ring substituents is 1. The number of ether oxygens (including phenoxy) is 1. The van der Waals surface area contributed by atoms with Crippen molar-refractivity contribution in [1.29, 1.82) is 0 Å². The van der Waals surface area contributed by atoms with Gasteiger partial charge in [0.1, 0.15) is 5.69 Å². The fourth-order valence-electron chi connectivity index (χ4n) is 2.99. The van der Waals surface area contributed by atoms with Crippen molar-refractivity contribution in [2.45, 2.75) is 46.1 Å². The quantitative estimate of drug-likeness (QED) is 0.445. The van der Waals surface area contributed by atoms with Gasteiger partial charge in [-0.3, -0.25) is 14.9 Å². The molecule has 0 radical (unpaired) electrons. The van der Waals surface area contributed by atoms with Gasteiger partial charge in [0.15, 0.2) is 6.10 Å². The maximum atomic E-state index is 12.3. The number of benzene rings is 1. The second-order valence-corrected chi connectivity index (χ2v) is 6.97. The molecule has 1 atom stereocenters. The standard InChI is InChI=1S/C19H27N3O5/c1-4-9-20-18(23)14(3)27-19(24)15-5-6-16(17(12-15)22(25)26)21-10-7-13(2)8-11-21/h5-6,12-14H,4,7-11H2,1-3H3,(H,20,23)/t14-/m0/s1. The van der Waals surface area contributed by atoms with Crippen molar-refractivity contribution in [2.75, 3.05) is 24.5 Å². The van der Waals surface area contributed by atoms with E-state index in [-0.39, 0.29) is 11.3 Å². The smallest absolute Gasteiger partial charge is 0.339 e. The first-order chi connectivity index (χ1) is 12.8. The molecule has 8 heteroatoms. The highest BCUT2D eigenvalue weighted by atomic mass is 16.6. The predicted molar refractivity (Wildman–Crippen MR) is 102 cm³/mol. The van der Waals surface area contributed by atoms with Gasteiger partial charge in [-0.05, 0) is 44.2 Å². The van der Waals surface area contributed by atoms with E-state index in [0.29, 0.717) is 18.2 Å². The molecule has 1 saturated heterocycles. The first kappa shape index (κ1) is 20.7. The number of rotatable bonds is 7. The molecule has 148 valence electrons. The van der Waals surface area contributed by atoms with Gasteiger partial charge in [0, 0.05) is 25.7 Å². The number of amides is 1. The highest BCUT2D eigenvalue weighted by Gasteiger charge is 2.26. The Bertz CT molecular complexity index is 699. The molecule has 1 N–H and O–H groups in total. The zero-order chi connectivity index (χ0) is 20.0. The Hall–Kier alpha value is -2.64. The monoisotopic (exact) mass is 377 g/mol. The summed E-state index contributed by atoms with van der Waals surface area (Å²) in [7, 11) is 0. The molecule has 1 aromatic carbocycles. The van der Waals surface area contributed by atoms with E-state index in [0.717, 1.165) is 32.4 Å². The van der Waals surface area contributed by atoms with Crippen LogP contribution in [0.4, 0.5) is 11.4 Å². The molecule has 1 aliphatic rings. The van der Waals surface area contributed by atoms with Crippen LogP contribution in [0.15, 0.2) is 18.2 Å². The van der Waals surface area contributed by atoms with Crippen molar-refractivity contribution in [3.8, 4) is 0 Å². The molecule has 1 aliphatic heterocycles. The van der Waals surface area contributed by atoms with Crippen molar-refractivity contribution in [3.05, 3.63) is 33.9 Å². The highest BCUT2D eigenvalue weighted by molar-refractivity contribution is 5.93. The molecule has 27 heavy (non-hydrogen) atoms. The van der Waals surface area contributed by atoms with Crippen LogP contribution in [0.5, 0.6) is 0 Å². The van der Waals surface area contributed by atoms with Crippen LogP contribution in [0.3, 0.4) is 0 Å². The van der Waals surface area contributed by atoms with Gasteiger partial charge in [0.25, 0.3) is 11.6 Å². The number of nitro groups is 1. The molecule has 1 fully saturated rings. The summed E-state index contributed by atoms with van der Waals surface area (Å²) in [5.74, 6) is -0.537. The maximum absolute atomic E-state index is 12.3. The molecule has 0 bridgehead atoms. The number of hydrogen-bond acceptors (Lipinski definition) is 6. The molecule has 0 spiro atoms. The number of nitrogens with one attached hydrogen (secondary N) is 1. The number of carbonyl (C=O) groups is 2. The Morgan fingerprint density at radius 3 is 2.63 bits per heavy atom. The van der Waals surface area contributed by atoms with Crippen molar-refractivity contribution < 1.29 is 19.2 Å². The van der Waals surface area contributed by atoms with Gasteiger partial charge in [-0.2, -0.15) is 0 Å². The lowest BCUT2D eigenvalue weighted by Crippen LogP contribution is -2.36. The molecule has 0 saturated carbocycles. The van der Waals surface area contributed by atoms with E-state index in [9.17, 15) is 19.7 Å². The Kier molecular flexibility index (Phi) is 7.15. The van der Waals surface area contributed by atoms with Crippen LogP contribution in [-0.2, 0) is 9.53 Å². The number of anilines is 1. The average Bonchev–Trinajstić information content (AvgIpc) is 2.66. The molecule has 1 amide bonds. The number of nitrogens with zero attached hydrogens (tertiary/aromatic N) is 2. The third kappa shape index (κ3) is 5.42. The average molecular weight is 377 g/mol. The zero-order valence-corrected chi connectivity index (χ0v) is 16.1. The molecule has 2 rings (SSSR count). The first-order valence-corrected chi connectivity index (χ1v) is 9.35. The Morgan fingerprint density at radius 2 is 2.04 bits per heavy atom. The molecular weight excluding hydrogens is 350 g/mol. The molecule has 0 aromatic heterocycles. The van der Waals surface area contributed by atoms with Gasteiger partial charge in [0.2, 0.25) is 0 Å². The molecule has 8 nitrogen and oxygen atoms in total. The lowest BCUT2D eigenvalue weighted by molar-refractivity contribution is -0.384. The fraction of sp³-hybridized carbons (Fsp3) is 0.579. The van der Waals surface area contributed by atoms with Crippen LogP contribution in [0, 0.1) is 16.0 Å². The lowest BCUT2D eigenvalue weighted by Gasteiger charge is -2.31. The van der Waals surface area contributed by atoms with Crippen LogP contribution < -0.4 is 10.2 Å². The normalized spacial score (nSPS) is 15.9. The summed E-state index contributed by atoms with van der Waals surface area (Å²) in [6.45, 7) is 7.56. The Balaban J connectivity index is 2.13. The van der Waals surface area contributed by atoms with E-state index in [2.05, 4.69) is 12.2 Å². The molecule has 1 heterocycles. The van der Waals surface area contributed by atoms with E-state index in [4.69, 9.17) is 4.74 Å². The predicted octanol–water partition coefficient (Wildman–Crippen LogP) is 2.90. The number of piperidine rings is 1. The van der Waals surface area contributed by atoms with Gasteiger partial charge in [-0.1, -0.05) is 13.8 Å². The van der Waals surface area contributed by atoms with Gasteiger partial charge in [0.05, 0.1) is 10.5 Å². The summed E-state index contributed by atoms with van der Waals surface area (Å²) in [4.78, 5) is 37.1. The highest BCUT2D eigenvalue weighted by Crippen LogP contribution is 2.32. The minimum absolute atomic E-state index is 0.0611. The number of esters is 1. The zero-order valence-electron chi connectivity index (χ0n) is 16.1. The third-order valence-corrected chi connectivity index (χ3v) is 4.73. The largest absolute Gasteiger partial charge is 0.449 e. The molecule has 0 unspecified atom stereocenters. The van der Waals surface area contributed by atoms with E-state index in [1.807, 2.05) is 11.8 Å². The van der Waals surface area contributed by atoms with E-state index in [1.165, 1.54) is 19.1 Å². The van der Waals surface area contributed by atoms with Crippen LogP contribution in [0.25, 0.3) is 0 Å².